The highest BCUT2D eigenvalue weighted by Gasteiger charge is 2.12. The third-order valence-electron chi connectivity index (χ3n) is 4.52. The van der Waals surface area contributed by atoms with Gasteiger partial charge in [0.25, 0.3) is 11.8 Å². The van der Waals surface area contributed by atoms with Crippen molar-refractivity contribution in [2.75, 3.05) is 11.9 Å². The van der Waals surface area contributed by atoms with Crippen LogP contribution in [0.4, 0.5) is 5.69 Å². The number of hydrogen-bond acceptors (Lipinski definition) is 4. The van der Waals surface area contributed by atoms with Gasteiger partial charge in [-0.25, -0.2) is 5.43 Å². The van der Waals surface area contributed by atoms with Gasteiger partial charge >= 0.3 is 0 Å². The summed E-state index contributed by atoms with van der Waals surface area (Å²) in [7, 11) is 0. The van der Waals surface area contributed by atoms with E-state index in [-0.39, 0.29) is 18.4 Å². The van der Waals surface area contributed by atoms with Crippen molar-refractivity contribution < 1.29 is 14.3 Å². The lowest BCUT2D eigenvalue weighted by Crippen LogP contribution is -2.21. The number of benzene rings is 3. The Morgan fingerprint density at radius 3 is 2.48 bits per heavy atom. The third kappa shape index (κ3) is 7.15. The van der Waals surface area contributed by atoms with Crippen LogP contribution in [0.5, 0.6) is 5.75 Å². The van der Waals surface area contributed by atoms with Crippen LogP contribution in [0.15, 0.2) is 68.6 Å². The van der Waals surface area contributed by atoms with E-state index in [1.54, 1.807) is 36.4 Å². The fourth-order valence-electron chi connectivity index (χ4n) is 2.76. The molecule has 3 rings (SSSR count). The summed E-state index contributed by atoms with van der Waals surface area (Å²) in [5, 5.41) is 7.35. The molecule has 0 aliphatic carbocycles. The van der Waals surface area contributed by atoms with E-state index >= 15 is 0 Å². The second-order valence-corrected chi connectivity index (χ2v) is 9.35. The largest absolute Gasteiger partial charge is 0.482 e. The van der Waals surface area contributed by atoms with E-state index < -0.39 is 0 Å². The molecule has 0 aliphatic heterocycles. The minimum Gasteiger partial charge on any atom is -0.482 e. The van der Waals surface area contributed by atoms with Crippen molar-refractivity contribution in [2.45, 2.75) is 13.8 Å². The third-order valence-corrected chi connectivity index (χ3v) is 5.98. The highest BCUT2D eigenvalue weighted by Crippen LogP contribution is 2.32. The Morgan fingerprint density at radius 2 is 1.79 bits per heavy atom. The first-order chi connectivity index (χ1) is 15.7. The van der Waals surface area contributed by atoms with Crippen LogP contribution in [0.3, 0.4) is 0 Å². The van der Waals surface area contributed by atoms with Gasteiger partial charge in [-0.15, -0.1) is 0 Å². The quantitative estimate of drug-likeness (QED) is 0.251. The molecule has 33 heavy (non-hydrogen) atoms. The smallest absolute Gasteiger partial charge is 0.271 e. The van der Waals surface area contributed by atoms with Crippen LogP contribution in [0, 0.1) is 13.8 Å². The van der Waals surface area contributed by atoms with Crippen molar-refractivity contribution in [3.05, 3.63) is 90.8 Å². The van der Waals surface area contributed by atoms with Gasteiger partial charge in [0.2, 0.25) is 0 Å². The summed E-state index contributed by atoms with van der Waals surface area (Å²) in [6.07, 6.45) is 1.45. The number of amides is 2. The maximum absolute atomic E-state index is 12.4. The zero-order valence-corrected chi connectivity index (χ0v) is 21.7. The van der Waals surface area contributed by atoms with Gasteiger partial charge in [-0.1, -0.05) is 51.3 Å². The van der Waals surface area contributed by atoms with Crippen LogP contribution < -0.4 is 15.5 Å². The lowest BCUT2D eigenvalue weighted by Gasteiger charge is -2.12. The Labute approximate surface area is 213 Å². The molecule has 0 saturated carbocycles. The topological polar surface area (TPSA) is 79.8 Å². The monoisotopic (exact) mass is 591 g/mol. The Morgan fingerprint density at radius 1 is 1.06 bits per heavy atom. The standard InChI is InChI=1S/C24H20Br2ClN3O3/c1-14-3-6-16(7-4-14)24(32)30-28-12-17-9-18(25)10-20(26)23(17)33-13-22(31)29-19-8-5-15(2)21(27)11-19/h3-12H,13H2,1-2H3,(H,29,31)(H,30,32)/b28-12+. The fourth-order valence-corrected chi connectivity index (χ4v) is 4.32. The molecule has 0 heterocycles. The first kappa shape index (κ1) is 25.0. The van der Waals surface area contributed by atoms with Gasteiger partial charge in [0.1, 0.15) is 5.75 Å². The van der Waals surface area contributed by atoms with E-state index in [9.17, 15) is 9.59 Å². The number of carbonyl (C=O) groups is 2. The molecule has 9 heteroatoms. The zero-order valence-electron chi connectivity index (χ0n) is 17.8. The fraction of sp³-hybridized carbons (Fsp3) is 0.125. The van der Waals surface area contributed by atoms with Crippen LogP contribution in [-0.4, -0.2) is 24.6 Å². The number of hydrogen-bond donors (Lipinski definition) is 2. The Balaban J connectivity index is 1.67. The number of nitrogens with one attached hydrogen (secondary N) is 2. The number of rotatable bonds is 7. The molecule has 170 valence electrons. The second kappa shape index (κ2) is 11.4. The van der Waals surface area contributed by atoms with Crippen LogP contribution in [0.1, 0.15) is 27.0 Å². The predicted molar refractivity (Wildman–Crippen MR) is 138 cm³/mol. The summed E-state index contributed by atoms with van der Waals surface area (Å²) >= 11 is 13.0. The van der Waals surface area contributed by atoms with E-state index in [1.165, 1.54) is 6.21 Å². The predicted octanol–water partition coefficient (Wildman–Crippen LogP) is 6.26. The highest BCUT2D eigenvalue weighted by atomic mass is 79.9. The molecule has 0 radical (unpaired) electrons. The summed E-state index contributed by atoms with van der Waals surface area (Å²) in [4.78, 5) is 24.6. The van der Waals surface area contributed by atoms with Crippen molar-refractivity contribution >= 4 is 67.2 Å². The van der Waals surface area contributed by atoms with Crippen molar-refractivity contribution in [2.24, 2.45) is 5.10 Å². The summed E-state index contributed by atoms with van der Waals surface area (Å²) in [6.45, 7) is 3.60. The Hall–Kier alpha value is -2.68. The van der Waals surface area contributed by atoms with E-state index in [2.05, 4.69) is 47.7 Å². The molecular weight excluding hydrogens is 574 g/mol. The molecule has 2 amide bonds. The van der Waals surface area contributed by atoms with Crippen molar-refractivity contribution in [1.82, 2.24) is 5.43 Å². The number of hydrazone groups is 1. The number of halogens is 3. The Kier molecular flexibility index (Phi) is 8.66. The molecule has 3 aromatic rings. The molecule has 0 fully saturated rings. The zero-order chi connectivity index (χ0) is 24.0. The van der Waals surface area contributed by atoms with Gasteiger partial charge in [-0.3, -0.25) is 9.59 Å². The average molecular weight is 594 g/mol. The van der Waals surface area contributed by atoms with E-state index in [0.29, 0.717) is 32.1 Å². The van der Waals surface area contributed by atoms with Crippen LogP contribution in [-0.2, 0) is 4.79 Å². The highest BCUT2D eigenvalue weighted by molar-refractivity contribution is 9.11. The van der Waals surface area contributed by atoms with Gasteiger partial charge < -0.3 is 10.1 Å². The summed E-state index contributed by atoms with van der Waals surface area (Å²) < 4.78 is 7.14. The molecule has 0 spiro atoms. The minimum absolute atomic E-state index is 0.234. The molecule has 0 aliphatic rings. The van der Waals surface area contributed by atoms with Gasteiger partial charge in [0, 0.05) is 26.3 Å². The van der Waals surface area contributed by atoms with Crippen molar-refractivity contribution in [3.63, 3.8) is 0 Å². The van der Waals surface area contributed by atoms with Crippen LogP contribution in [0.2, 0.25) is 5.02 Å². The molecule has 0 unspecified atom stereocenters. The molecule has 0 atom stereocenters. The summed E-state index contributed by atoms with van der Waals surface area (Å²) in [6, 6.07) is 16.0. The molecule has 2 N–H and O–H groups in total. The lowest BCUT2D eigenvalue weighted by molar-refractivity contribution is -0.118. The van der Waals surface area contributed by atoms with Gasteiger partial charge in [0.05, 0.1) is 10.7 Å². The van der Waals surface area contributed by atoms with Gasteiger partial charge in [-0.2, -0.15) is 5.10 Å². The number of aryl methyl sites for hydroxylation is 2. The van der Waals surface area contributed by atoms with Gasteiger partial charge in [0.15, 0.2) is 6.61 Å². The van der Waals surface area contributed by atoms with Crippen molar-refractivity contribution in [1.29, 1.82) is 0 Å². The van der Waals surface area contributed by atoms with E-state index in [1.807, 2.05) is 32.0 Å². The SMILES string of the molecule is Cc1ccc(C(=O)N/N=C/c2cc(Br)cc(Br)c2OCC(=O)Nc2ccc(C)c(Cl)c2)cc1. The number of anilines is 1. The molecule has 0 bridgehead atoms. The lowest BCUT2D eigenvalue weighted by atomic mass is 10.1. The van der Waals surface area contributed by atoms with Crippen LogP contribution in [0.25, 0.3) is 0 Å². The van der Waals surface area contributed by atoms with Crippen molar-refractivity contribution in [3.8, 4) is 5.75 Å². The number of carbonyl (C=O) groups excluding carboxylic acids is 2. The maximum atomic E-state index is 12.4. The average Bonchev–Trinajstić information content (AvgIpc) is 2.76. The van der Waals surface area contributed by atoms with E-state index in [0.717, 1.165) is 15.6 Å². The first-order valence-electron chi connectivity index (χ1n) is 9.81. The molecule has 6 nitrogen and oxygen atoms in total. The second-order valence-electron chi connectivity index (χ2n) is 7.17. The van der Waals surface area contributed by atoms with E-state index in [4.69, 9.17) is 16.3 Å². The summed E-state index contributed by atoms with van der Waals surface area (Å²) in [5.41, 5.74) is 6.11. The first-order valence-corrected chi connectivity index (χ1v) is 11.8. The van der Waals surface area contributed by atoms with Crippen LogP contribution >= 0.6 is 43.5 Å². The van der Waals surface area contributed by atoms with Gasteiger partial charge in [-0.05, 0) is 71.7 Å². The Bertz CT molecular complexity index is 1210. The molecule has 0 aromatic heterocycles. The number of ether oxygens (including phenoxy) is 1. The maximum Gasteiger partial charge on any atom is 0.271 e. The molecule has 0 saturated heterocycles. The molecule has 3 aromatic carbocycles. The number of nitrogens with zero attached hydrogens (tertiary/aromatic N) is 1. The normalized spacial score (nSPS) is 10.8. The minimum atomic E-state index is -0.347. The molecular formula is C24H20Br2ClN3O3. The summed E-state index contributed by atoms with van der Waals surface area (Å²) in [5.74, 6) is -0.275.